The lowest BCUT2D eigenvalue weighted by molar-refractivity contribution is 0.0975. The fourth-order valence-electron chi connectivity index (χ4n) is 3.86. The molecule has 1 saturated carbocycles. The van der Waals surface area contributed by atoms with Crippen LogP contribution in [-0.2, 0) is 0 Å². The lowest BCUT2D eigenvalue weighted by atomic mass is 9.84. The van der Waals surface area contributed by atoms with Crippen molar-refractivity contribution in [1.82, 2.24) is 4.90 Å². The second-order valence-electron chi connectivity index (χ2n) is 6.61. The van der Waals surface area contributed by atoms with Gasteiger partial charge < -0.3 is 4.90 Å². The molecule has 2 nitrogen and oxygen atoms in total. The maximum atomic E-state index is 8.96. The Morgan fingerprint density at radius 3 is 2.20 bits per heavy atom. The van der Waals surface area contributed by atoms with Crippen LogP contribution < -0.4 is 0 Å². The van der Waals surface area contributed by atoms with Crippen LogP contribution in [0.25, 0.3) is 0 Å². The van der Waals surface area contributed by atoms with Crippen molar-refractivity contribution in [3.63, 3.8) is 0 Å². The van der Waals surface area contributed by atoms with Gasteiger partial charge in [-0.15, -0.1) is 12.4 Å². The average Bonchev–Trinajstić information content (AvgIpc) is 2.48. The normalized spacial score (nSPS) is 28.6. The number of hydrogen-bond acceptors (Lipinski definition) is 2. The third-order valence-electron chi connectivity index (χ3n) is 5.26. The molecule has 0 aromatic rings. The summed E-state index contributed by atoms with van der Waals surface area (Å²) in [5.74, 6) is 1.35. The first-order valence-electron chi connectivity index (χ1n) is 8.47. The summed E-state index contributed by atoms with van der Waals surface area (Å²) >= 11 is 0. The topological polar surface area (TPSA) is 27.0 Å². The van der Waals surface area contributed by atoms with Crippen LogP contribution in [0, 0.1) is 23.2 Å². The summed E-state index contributed by atoms with van der Waals surface area (Å²) in [6.45, 7) is 4.93. The molecule has 0 aromatic carbocycles. The molecule has 20 heavy (non-hydrogen) atoms. The van der Waals surface area contributed by atoms with Gasteiger partial charge in [-0.1, -0.05) is 32.6 Å². The molecule has 2 fully saturated rings. The SMILES string of the molecule is CCCCCC1CCN([C@H]2CC[C@H](C#N)CC2)CC1.Cl. The highest BCUT2D eigenvalue weighted by Gasteiger charge is 2.28. The second-order valence-corrected chi connectivity index (χ2v) is 6.61. The van der Waals surface area contributed by atoms with Gasteiger partial charge in [0.25, 0.3) is 0 Å². The summed E-state index contributed by atoms with van der Waals surface area (Å²) in [5, 5.41) is 8.96. The number of rotatable bonds is 5. The highest BCUT2D eigenvalue weighted by molar-refractivity contribution is 5.85. The largest absolute Gasteiger partial charge is 0.300 e. The van der Waals surface area contributed by atoms with E-state index in [1.54, 1.807) is 0 Å². The summed E-state index contributed by atoms with van der Waals surface area (Å²) in [6, 6.07) is 3.24. The van der Waals surface area contributed by atoms with Gasteiger partial charge in [-0.2, -0.15) is 5.26 Å². The van der Waals surface area contributed by atoms with E-state index in [0.29, 0.717) is 5.92 Å². The van der Waals surface area contributed by atoms with Gasteiger partial charge in [0.1, 0.15) is 0 Å². The van der Waals surface area contributed by atoms with Gasteiger partial charge in [-0.05, 0) is 57.5 Å². The number of unbranched alkanes of at least 4 members (excludes halogenated alkanes) is 2. The molecule has 0 bridgehead atoms. The highest BCUT2D eigenvalue weighted by Crippen LogP contribution is 2.31. The smallest absolute Gasteiger partial charge is 0.0655 e. The summed E-state index contributed by atoms with van der Waals surface area (Å²) in [5.41, 5.74) is 0. The molecular weight excluding hydrogens is 268 g/mol. The van der Waals surface area contributed by atoms with Crippen molar-refractivity contribution in [1.29, 1.82) is 5.26 Å². The van der Waals surface area contributed by atoms with Crippen LogP contribution in [0.5, 0.6) is 0 Å². The first-order chi connectivity index (χ1) is 9.33. The molecule has 116 valence electrons. The van der Waals surface area contributed by atoms with E-state index in [1.807, 2.05) is 0 Å². The molecule has 3 heteroatoms. The first kappa shape index (κ1) is 17.8. The van der Waals surface area contributed by atoms with Gasteiger partial charge in [-0.3, -0.25) is 0 Å². The fraction of sp³-hybridized carbons (Fsp3) is 0.941. The number of nitriles is 1. The van der Waals surface area contributed by atoms with Crippen molar-refractivity contribution in [2.24, 2.45) is 11.8 Å². The Hall–Kier alpha value is -0.260. The average molecular weight is 299 g/mol. The van der Waals surface area contributed by atoms with Gasteiger partial charge in [0.2, 0.25) is 0 Å². The Morgan fingerprint density at radius 2 is 1.65 bits per heavy atom. The van der Waals surface area contributed by atoms with E-state index in [2.05, 4.69) is 17.9 Å². The van der Waals surface area contributed by atoms with Crippen LogP contribution in [-0.4, -0.2) is 24.0 Å². The summed E-state index contributed by atoms with van der Waals surface area (Å²) in [6.07, 6.45) is 13.3. The van der Waals surface area contributed by atoms with Crippen LogP contribution >= 0.6 is 12.4 Å². The molecule has 0 amide bonds. The van der Waals surface area contributed by atoms with E-state index in [9.17, 15) is 0 Å². The summed E-state index contributed by atoms with van der Waals surface area (Å²) in [7, 11) is 0. The molecule has 0 aromatic heterocycles. The number of piperidine rings is 1. The maximum absolute atomic E-state index is 8.96. The second kappa shape index (κ2) is 9.64. The van der Waals surface area contributed by atoms with Crippen molar-refractivity contribution in [2.45, 2.75) is 77.2 Å². The van der Waals surface area contributed by atoms with E-state index in [1.165, 1.54) is 64.5 Å². The highest BCUT2D eigenvalue weighted by atomic mass is 35.5. The molecule has 0 radical (unpaired) electrons. The predicted molar refractivity (Wildman–Crippen MR) is 87.0 cm³/mol. The summed E-state index contributed by atoms with van der Waals surface area (Å²) < 4.78 is 0. The van der Waals surface area contributed by atoms with Crippen molar-refractivity contribution < 1.29 is 0 Å². The fourth-order valence-corrected chi connectivity index (χ4v) is 3.86. The number of halogens is 1. The molecule has 0 atom stereocenters. The third kappa shape index (κ3) is 5.26. The Kier molecular flexibility index (Phi) is 8.57. The molecule has 1 aliphatic heterocycles. The van der Waals surface area contributed by atoms with Gasteiger partial charge in [-0.25, -0.2) is 0 Å². The van der Waals surface area contributed by atoms with Crippen molar-refractivity contribution in [3.8, 4) is 6.07 Å². The maximum Gasteiger partial charge on any atom is 0.0655 e. The quantitative estimate of drug-likeness (QED) is 0.683. The molecule has 2 rings (SSSR count). The number of hydrogen-bond donors (Lipinski definition) is 0. The molecule has 0 spiro atoms. The van der Waals surface area contributed by atoms with Crippen LogP contribution in [0.3, 0.4) is 0 Å². The van der Waals surface area contributed by atoms with Gasteiger partial charge in [0.15, 0.2) is 0 Å². The first-order valence-corrected chi connectivity index (χ1v) is 8.47. The minimum absolute atomic E-state index is 0. The lowest BCUT2D eigenvalue weighted by Crippen LogP contribution is -2.43. The molecular formula is C17H31ClN2. The minimum atomic E-state index is 0. The molecule has 0 N–H and O–H groups in total. The zero-order chi connectivity index (χ0) is 13.5. The van der Waals surface area contributed by atoms with E-state index in [4.69, 9.17) is 5.26 Å². The monoisotopic (exact) mass is 298 g/mol. The minimum Gasteiger partial charge on any atom is -0.300 e. The van der Waals surface area contributed by atoms with Crippen LogP contribution in [0.1, 0.15) is 71.1 Å². The molecule has 0 unspecified atom stereocenters. The van der Waals surface area contributed by atoms with Crippen LogP contribution in [0.15, 0.2) is 0 Å². The number of likely N-dealkylation sites (tertiary alicyclic amines) is 1. The van der Waals surface area contributed by atoms with Crippen molar-refractivity contribution >= 4 is 12.4 Å². The van der Waals surface area contributed by atoms with E-state index in [-0.39, 0.29) is 12.4 Å². The van der Waals surface area contributed by atoms with Gasteiger partial charge in [0, 0.05) is 12.0 Å². The van der Waals surface area contributed by atoms with E-state index >= 15 is 0 Å². The molecule has 1 heterocycles. The third-order valence-corrected chi connectivity index (χ3v) is 5.26. The van der Waals surface area contributed by atoms with Gasteiger partial charge in [0.05, 0.1) is 6.07 Å². The predicted octanol–water partition coefficient (Wildman–Crippen LogP) is 4.78. The van der Waals surface area contributed by atoms with E-state index < -0.39 is 0 Å². The molecule has 2 aliphatic rings. The lowest BCUT2D eigenvalue weighted by Gasteiger charge is -2.40. The van der Waals surface area contributed by atoms with Crippen LogP contribution in [0.4, 0.5) is 0 Å². The van der Waals surface area contributed by atoms with Crippen molar-refractivity contribution in [3.05, 3.63) is 0 Å². The number of nitrogens with zero attached hydrogens (tertiary/aromatic N) is 2. The Balaban J connectivity index is 0.00000200. The van der Waals surface area contributed by atoms with Crippen LogP contribution in [0.2, 0.25) is 0 Å². The zero-order valence-electron chi connectivity index (χ0n) is 13.0. The molecule has 1 saturated heterocycles. The summed E-state index contributed by atoms with van der Waals surface area (Å²) in [4.78, 5) is 2.73. The Bertz CT molecular complexity index is 284. The Morgan fingerprint density at radius 1 is 1.00 bits per heavy atom. The van der Waals surface area contributed by atoms with Crippen molar-refractivity contribution in [2.75, 3.05) is 13.1 Å². The van der Waals surface area contributed by atoms with Gasteiger partial charge >= 0.3 is 0 Å². The molecule has 1 aliphatic carbocycles. The zero-order valence-corrected chi connectivity index (χ0v) is 13.8. The van der Waals surface area contributed by atoms with E-state index in [0.717, 1.165) is 24.8 Å². The standard InChI is InChI=1S/C17H30N2.ClH/c1-2-3-4-5-15-10-12-19(13-11-15)17-8-6-16(14-18)7-9-17;/h15-17H,2-13H2,1H3;1H/t16-,17-;. The Labute approximate surface area is 131 Å².